The number of carbonyl (C=O) groups excluding carboxylic acids is 1. The van der Waals surface area contributed by atoms with E-state index in [2.05, 4.69) is 18.2 Å². The number of amides is 1. The Kier molecular flexibility index (Phi) is 1.88. The van der Waals surface area contributed by atoms with E-state index in [9.17, 15) is 4.79 Å². The van der Waals surface area contributed by atoms with Crippen LogP contribution in [0.5, 0.6) is 0 Å². The second-order valence-corrected chi connectivity index (χ2v) is 5.17. The molecule has 0 aromatic heterocycles. The summed E-state index contributed by atoms with van der Waals surface area (Å²) in [5.74, 6) is 0.170. The second-order valence-electron chi connectivity index (χ2n) is 5.17. The van der Waals surface area contributed by atoms with Crippen LogP contribution in [0.4, 0.5) is 5.69 Å². The molecular formula is C15H15NO. The lowest BCUT2D eigenvalue weighted by atomic mass is 9.83. The van der Waals surface area contributed by atoms with Crippen molar-refractivity contribution in [1.29, 1.82) is 0 Å². The van der Waals surface area contributed by atoms with Crippen LogP contribution in [0.2, 0.25) is 0 Å². The number of hydrogen-bond donors (Lipinski definition) is 0. The molecule has 0 aliphatic carbocycles. The summed E-state index contributed by atoms with van der Waals surface area (Å²) < 4.78 is 0. The van der Waals surface area contributed by atoms with Crippen LogP contribution in [0.3, 0.4) is 0 Å². The molecule has 0 atom stereocenters. The summed E-state index contributed by atoms with van der Waals surface area (Å²) in [6.45, 7) is 4.01. The molecule has 1 amide bonds. The van der Waals surface area contributed by atoms with Crippen molar-refractivity contribution in [1.82, 2.24) is 0 Å². The molecule has 0 saturated heterocycles. The monoisotopic (exact) mass is 225 g/mol. The first kappa shape index (κ1) is 10.3. The average Bonchev–Trinajstić information content (AvgIpc) is 2.51. The van der Waals surface area contributed by atoms with Crippen LogP contribution in [0.15, 0.2) is 36.4 Å². The third-order valence-corrected chi connectivity index (χ3v) is 3.73. The number of nitrogens with zero attached hydrogens (tertiary/aromatic N) is 1. The summed E-state index contributed by atoms with van der Waals surface area (Å²) >= 11 is 0. The van der Waals surface area contributed by atoms with Crippen LogP contribution in [0.25, 0.3) is 10.8 Å². The van der Waals surface area contributed by atoms with E-state index in [0.29, 0.717) is 0 Å². The minimum atomic E-state index is -0.426. The quantitative estimate of drug-likeness (QED) is 0.674. The summed E-state index contributed by atoms with van der Waals surface area (Å²) in [4.78, 5) is 14.0. The van der Waals surface area contributed by atoms with Gasteiger partial charge in [0.2, 0.25) is 5.91 Å². The van der Waals surface area contributed by atoms with Crippen molar-refractivity contribution in [3.8, 4) is 0 Å². The standard InChI is InChI=1S/C15H15NO/c1-15(2)13-11-7-5-4-6-10(11)8-9-12(13)16(3)14(15)17/h4-9H,1-3H3. The highest BCUT2D eigenvalue weighted by Crippen LogP contribution is 2.44. The second kappa shape index (κ2) is 3.10. The van der Waals surface area contributed by atoms with E-state index in [1.807, 2.05) is 39.1 Å². The smallest absolute Gasteiger partial charge is 0.236 e. The first-order chi connectivity index (χ1) is 8.03. The van der Waals surface area contributed by atoms with Crippen molar-refractivity contribution in [3.63, 3.8) is 0 Å². The summed E-state index contributed by atoms with van der Waals surface area (Å²) in [5.41, 5.74) is 1.77. The predicted octanol–water partition coefficient (Wildman–Crippen LogP) is 3.09. The third kappa shape index (κ3) is 1.18. The van der Waals surface area contributed by atoms with Crippen LogP contribution in [0, 0.1) is 0 Å². The first-order valence-electron chi connectivity index (χ1n) is 5.84. The van der Waals surface area contributed by atoms with E-state index >= 15 is 0 Å². The minimum Gasteiger partial charge on any atom is -0.314 e. The van der Waals surface area contributed by atoms with Crippen LogP contribution >= 0.6 is 0 Å². The molecule has 1 aliphatic heterocycles. The molecule has 2 heteroatoms. The number of benzene rings is 2. The summed E-state index contributed by atoms with van der Waals surface area (Å²) in [6, 6.07) is 12.4. The fourth-order valence-corrected chi connectivity index (χ4v) is 2.83. The van der Waals surface area contributed by atoms with E-state index in [1.54, 1.807) is 4.90 Å². The molecule has 0 fully saturated rings. The van der Waals surface area contributed by atoms with Gasteiger partial charge in [0.05, 0.1) is 5.41 Å². The Morgan fingerprint density at radius 2 is 1.76 bits per heavy atom. The number of rotatable bonds is 0. The fraction of sp³-hybridized carbons (Fsp3) is 0.267. The highest BCUT2D eigenvalue weighted by atomic mass is 16.2. The van der Waals surface area contributed by atoms with Gasteiger partial charge < -0.3 is 4.90 Å². The number of fused-ring (bicyclic) bond motifs is 3. The molecule has 0 unspecified atom stereocenters. The van der Waals surface area contributed by atoms with E-state index < -0.39 is 5.41 Å². The van der Waals surface area contributed by atoms with E-state index in [0.717, 1.165) is 11.3 Å². The van der Waals surface area contributed by atoms with Gasteiger partial charge >= 0.3 is 0 Å². The Labute approximate surface area is 101 Å². The molecule has 0 saturated carbocycles. The zero-order valence-electron chi connectivity index (χ0n) is 10.3. The van der Waals surface area contributed by atoms with Crippen LogP contribution in [-0.4, -0.2) is 13.0 Å². The lowest BCUT2D eigenvalue weighted by Crippen LogP contribution is -2.33. The van der Waals surface area contributed by atoms with Gasteiger partial charge in [-0.3, -0.25) is 4.79 Å². The molecule has 3 rings (SSSR count). The molecule has 86 valence electrons. The molecule has 0 spiro atoms. The number of anilines is 1. The summed E-state index contributed by atoms with van der Waals surface area (Å²) in [7, 11) is 1.85. The van der Waals surface area contributed by atoms with Gasteiger partial charge in [-0.15, -0.1) is 0 Å². The molecule has 0 radical (unpaired) electrons. The highest BCUT2D eigenvalue weighted by molar-refractivity contribution is 6.12. The van der Waals surface area contributed by atoms with Crippen molar-refractivity contribution < 1.29 is 4.79 Å². The predicted molar refractivity (Wildman–Crippen MR) is 70.4 cm³/mol. The zero-order valence-corrected chi connectivity index (χ0v) is 10.3. The molecule has 0 bridgehead atoms. The highest BCUT2D eigenvalue weighted by Gasteiger charge is 2.43. The summed E-state index contributed by atoms with van der Waals surface area (Å²) in [6.07, 6.45) is 0. The molecule has 2 aromatic rings. The molecular weight excluding hydrogens is 210 g/mol. The maximum absolute atomic E-state index is 12.3. The average molecular weight is 225 g/mol. The first-order valence-corrected chi connectivity index (χ1v) is 5.84. The molecule has 2 nitrogen and oxygen atoms in total. The van der Waals surface area contributed by atoms with Gasteiger partial charge in [0.1, 0.15) is 0 Å². The van der Waals surface area contributed by atoms with Crippen LogP contribution < -0.4 is 4.90 Å². The van der Waals surface area contributed by atoms with Crippen molar-refractivity contribution >= 4 is 22.4 Å². The maximum Gasteiger partial charge on any atom is 0.236 e. The van der Waals surface area contributed by atoms with Crippen LogP contribution in [0.1, 0.15) is 19.4 Å². The van der Waals surface area contributed by atoms with Gasteiger partial charge in [0.15, 0.2) is 0 Å². The largest absolute Gasteiger partial charge is 0.314 e. The van der Waals surface area contributed by atoms with Gasteiger partial charge in [0, 0.05) is 12.7 Å². The van der Waals surface area contributed by atoms with Crippen molar-refractivity contribution in [2.24, 2.45) is 0 Å². The minimum absolute atomic E-state index is 0.170. The van der Waals surface area contributed by atoms with Crippen LogP contribution in [-0.2, 0) is 10.2 Å². The Morgan fingerprint density at radius 1 is 1.06 bits per heavy atom. The topological polar surface area (TPSA) is 20.3 Å². The molecule has 1 aliphatic rings. The Morgan fingerprint density at radius 3 is 2.53 bits per heavy atom. The van der Waals surface area contributed by atoms with E-state index in [1.165, 1.54) is 10.8 Å². The van der Waals surface area contributed by atoms with Gasteiger partial charge in [-0.2, -0.15) is 0 Å². The van der Waals surface area contributed by atoms with E-state index in [4.69, 9.17) is 0 Å². The molecule has 1 heterocycles. The SMILES string of the molecule is CN1C(=O)C(C)(C)c2c1ccc1ccccc21. The zero-order chi connectivity index (χ0) is 12.2. The van der Waals surface area contributed by atoms with E-state index in [-0.39, 0.29) is 5.91 Å². The molecule has 2 aromatic carbocycles. The van der Waals surface area contributed by atoms with Crippen molar-refractivity contribution in [2.45, 2.75) is 19.3 Å². The van der Waals surface area contributed by atoms with Gasteiger partial charge in [-0.05, 0) is 36.2 Å². The van der Waals surface area contributed by atoms with Gasteiger partial charge in [-0.25, -0.2) is 0 Å². The normalized spacial score (nSPS) is 17.6. The number of likely N-dealkylation sites (N-methyl/N-ethyl adjacent to an activating group) is 1. The van der Waals surface area contributed by atoms with Crippen molar-refractivity contribution in [2.75, 3.05) is 11.9 Å². The maximum atomic E-state index is 12.3. The Hall–Kier alpha value is -1.83. The third-order valence-electron chi connectivity index (χ3n) is 3.73. The number of carbonyl (C=O) groups is 1. The number of hydrogen-bond acceptors (Lipinski definition) is 1. The van der Waals surface area contributed by atoms with Crippen molar-refractivity contribution in [3.05, 3.63) is 42.0 Å². The summed E-state index contributed by atoms with van der Waals surface area (Å²) in [5, 5.41) is 2.38. The fourth-order valence-electron chi connectivity index (χ4n) is 2.83. The van der Waals surface area contributed by atoms with Gasteiger partial charge in [0.25, 0.3) is 0 Å². The molecule has 17 heavy (non-hydrogen) atoms. The lowest BCUT2D eigenvalue weighted by molar-refractivity contribution is -0.121. The Bertz CT molecular complexity index is 628. The lowest BCUT2D eigenvalue weighted by Gasteiger charge is -2.17. The van der Waals surface area contributed by atoms with Gasteiger partial charge in [-0.1, -0.05) is 30.3 Å². The Balaban J connectivity index is 2.46. The molecule has 0 N–H and O–H groups in total.